The summed E-state index contributed by atoms with van der Waals surface area (Å²) in [5.74, 6) is 0.280. The molecule has 0 saturated carbocycles. The maximum absolute atomic E-state index is 12.7. The molecule has 0 spiro atoms. The third-order valence-electron chi connectivity index (χ3n) is 6.29. The summed E-state index contributed by atoms with van der Waals surface area (Å²) < 4.78 is 0. The zero-order valence-corrected chi connectivity index (χ0v) is 16.8. The Bertz CT molecular complexity index is 830. The second-order valence-corrected chi connectivity index (χ2v) is 8.32. The van der Waals surface area contributed by atoms with Gasteiger partial charge in [-0.05, 0) is 67.6 Å². The molecule has 2 aliphatic rings. The van der Waals surface area contributed by atoms with Crippen LogP contribution in [0.5, 0.6) is 5.75 Å². The molecule has 0 bridgehead atoms. The minimum absolute atomic E-state index is 0.000608. The highest BCUT2D eigenvalue weighted by Gasteiger charge is 2.32. The average molecular weight is 395 g/mol. The van der Waals surface area contributed by atoms with E-state index in [9.17, 15) is 15.0 Å². The SMILES string of the molecule is O=C(CC[C@H](Cc1ccc(O)cc1)N1CCCC1)N[C@@H]1c2ccccc2C[C@@H]1O. The standard InChI is InChI=1S/C24H30N2O3/c27-20-10-7-17(8-11-20)15-19(26-13-3-4-14-26)9-12-23(29)25-24-21-6-2-1-5-18(21)16-22(24)28/h1-2,5-8,10-11,19,22,24,27-28H,3-4,9,12-16H2,(H,25,29)/t19-,22+,24-/m1/s1. The zero-order valence-electron chi connectivity index (χ0n) is 16.8. The van der Waals surface area contributed by atoms with Crippen LogP contribution in [-0.4, -0.2) is 46.3 Å². The Balaban J connectivity index is 1.36. The van der Waals surface area contributed by atoms with Crippen LogP contribution in [0.2, 0.25) is 0 Å². The predicted molar refractivity (Wildman–Crippen MR) is 113 cm³/mol. The number of amides is 1. The number of benzene rings is 2. The summed E-state index contributed by atoms with van der Waals surface area (Å²) in [5.41, 5.74) is 3.33. The summed E-state index contributed by atoms with van der Waals surface area (Å²) in [6, 6.07) is 15.3. The fourth-order valence-corrected chi connectivity index (χ4v) is 4.72. The molecular weight excluding hydrogens is 364 g/mol. The second kappa shape index (κ2) is 8.97. The van der Waals surface area contributed by atoms with Crippen LogP contribution in [0.3, 0.4) is 0 Å². The Kier molecular flexibility index (Phi) is 6.16. The molecule has 5 heteroatoms. The lowest BCUT2D eigenvalue weighted by Gasteiger charge is -2.28. The number of nitrogens with one attached hydrogen (secondary N) is 1. The van der Waals surface area contributed by atoms with Crippen molar-refractivity contribution in [2.24, 2.45) is 0 Å². The maximum atomic E-state index is 12.7. The lowest BCUT2D eigenvalue weighted by Crippen LogP contribution is -2.37. The molecule has 1 aliphatic heterocycles. The van der Waals surface area contributed by atoms with Gasteiger partial charge in [-0.2, -0.15) is 0 Å². The molecule has 0 unspecified atom stereocenters. The van der Waals surface area contributed by atoms with Crippen LogP contribution in [0.15, 0.2) is 48.5 Å². The molecule has 4 rings (SSSR count). The van der Waals surface area contributed by atoms with Gasteiger partial charge in [0.2, 0.25) is 5.91 Å². The van der Waals surface area contributed by atoms with Crippen molar-refractivity contribution in [3.05, 3.63) is 65.2 Å². The first-order chi connectivity index (χ1) is 14.1. The summed E-state index contributed by atoms with van der Waals surface area (Å²) in [4.78, 5) is 15.2. The van der Waals surface area contributed by atoms with Crippen LogP contribution in [0, 0.1) is 0 Å². The molecule has 1 fully saturated rings. The van der Waals surface area contributed by atoms with Gasteiger partial charge in [-0.3, -0.25) is 4.79 Å². The first kappa shape index (κ1) is 19.9. The summed E-state index contributed by atoms with van der Waals surface area (Å²) in [5, 5.41) is 23.0. The van der Waals surface area contributed by atoms with Crippen molar-refractivity contribution < 1.29 is 15.0 Å². The molecule has 154 valence electrons. The van der Waals surface area contributed by atoms with E-state index in [-0.39, 0.29) is 17.7 Å². The molecule has 29 heavy (non-hydrogen) atoms. The highest BCUT2D eigenvalue weighted by Crippen LogP contribution is 2.31. The number of aliphatic hydroxyl groups is 1. The largest absolute Gasteiger partial charge is 0.508 e. The van der Waals surface area contributed by atoms with Crippen molar-refractivity contribution in [1.29, 1.82) is 0 Å². The van der Waals surface area contributed by atoms with E-state index in [0.717, 1.165) is 37.1 Å². The Labute approximate surface area is 172 Å². The van der Waals surface area contributed by atoms with E-state index in [0.29, 0.717) is 18.9 Å². The highest BCUT2D eigenvalue weighted by atomic mass is 16.3. The summed E-state index contributed by atoms with van der Waals surface area (Å²) in [6.45, 7) is 2.16. The number of hydrogen-bond donors (Lipinski definition) is 3. The fraction of sp³-hybridized carbons (Fsp3) is 0.458. The van der Waals surface area contributed by atoms with E-state index < -0.39 is 6.10 Å². The first-order valence-corrected chi connectivity index (χ1v) is 10.7. The van der Waals surface area contributed by atoms with Crippen LogP contribution >= 0.6 is 0 Å². The topological polar surface area (TPSA) is 72.8 Å². The lowest BCUT2D eigenvalue weighted by atomic mass is 9.99. The summed E-state index contributed by atoms with van der Waals surface area (Å²) in [7, 11) is 0. The normalized spacial score (nSPS) is 22.4. The molecule has 2 aromatic rings. The van der Waals surface area contributed by atoms with Crippen LogP contribution < -0.4 is 5.32 Å². The lowest BCUT2D eigenvalue weighted by molar-refractivity contribution is -0.123. The van der Waals surface area contributed by atoms with Gasteiger partial charge in [0, 0.05) is 18.9 Å². The van der Waals surface area contributed by atoms with Gasteiger partial charge in [0.25, 0.3) is 0 Å². The van der Waals surface area contributed by atoms with Gasteiger partial charge in [-0.15, -0.1) is 0 Å². The summed E-state index contributed by atoms with van der Waals surface area (Å²) in [6.07, 6.45) is 4.58. The van der Waals surface area contributed by atoms with Gasteiger partial charge in [0.1, 0.15) is 5.75 Å². The molecule has 5 nitrogen and oxygen atoms in total. The van der Waals surface area contributed by atoms with Gasteiger partial charge in [0.15, 0.2) is 0 Å². The third kappa shape index (κ3) is 4.80. The van der Waals surface area contributed by atoms with Gasteiger partial charge < -0.3 is 20.4 Å². The highest BCUT2D eigenvalue weighted by molar-refractivity contribution is 5.76. The molecule has 1 heterocycles. The number of phenols is 1. The minimum Gasteiger partial charge on any atom is -0.508 e. The number of aromatic hydroxyl groups is 1. The quantitative estimate of drug-likeness (QED) is 0.675. The van der Waals surface area contributed by atoms with E-state index in [1.54, 1.807) is 12.1 Å². The number of aliphatic hydroxyl groups excluding tert-OH is 1. The fourth-order valence-electron chi connectivity index (χ4n) is 4.72. The monoisotopic (exact) mass is 394 g/mol. The van der Waals surface area contributed by atoms with Crippen molar-refractivity contribution in [2.75, 3.05) is 13.1 Å². The van der Waals surface area contributed by atoms with E-state index in [1.807, 2.05) is 36.4 Å². The number of fused-ring (bicyclic) bond motifs is 1. The van der Waals surface area contributed by atoms with Crippen molar-refractivity contribution in [3.63, 3.8) is 0 Å². The first-order valence-electron chi connectivity index (χ1n) is 10.7. The predicted octanol–water partition coefficient (Wildman–Crippen LogP) is 2.95. The Morgan fingerprint density at radius 1 is 1.10 bits per heavy atom. The molecule has 1 saturated heterocycles. The van der Waals surface area contributed by atoms with Crippen molar-refractivity contribution >= 4 is 5.91 Å². The van der Waals surface area contributed by atoms with Crippen LogP contribution in [-0.2, 0) is 17.6 Å². The van der Waals surface area contributed by atoms with Crippen LogP contribution in [0.25, 0.3) is 0 Å². The molecule has 1 amide bonds. The summed E-state index contributed by atoms with van der Waals surface area (Å²) >= 11 is 0. The third-order valence-corrected chi connectivity index (χ3v) is 6.29. The molecule has 3 atom stereocenters. The van der Waals surface area contributed by atoms with Crippen molar-refractivity contribution in [3.8, 4) is 5.75 Å². The van der Waals surface area contributed by atoms with E-state index in [4.69, 9.17) is 0 Å². The molecule has 3 N–H and O–H groups in total. The van der Waals surface area contributed by atoms with Crippen molar-refractivity contribution in [2.45, 2.75) is 56.7 Å². The smallest absolute Gasteiger partial charge is 0.220 e. The van der Waals surface area contributed by atoms with Gasteiger partial charge in [-0.25, -0.2) is 0 Å². The van der Waals surface area contributed by atoms with E-state index in [2.05, 4.69) is 10.2 Å². The molecule has 0 aromatic heterocycles. The molecule has 1 aliphatic carbocycles. The number of rotatable bonds is 7. The van der Waals surface area contributed by atoms with Gasteiger partial charge >= 0.3 is 0 Å². The number of phenolic OH excluding ortho intramolecular Hbond substituents is 1. The van der Waals surface area contributed by atoms with E-state index >= 15 is 0 Å². The molecule has 2 aromatic carbocycles. The number of likely N-dealkylation sites (tertiary alicyclic amines) is 1. The minimum atomic E-state index is -0.553. The Morgan fingerprint density at radius 3 is 2.59 bits per heavy atom. The second-order valence-electron chi connectivity index (χ2n) is 8.32. The Morgan fingerprint density at radius 2 is 1.83 bits per heavy atom. The van der Waals surface area contributed by atoms with Crippen LogP contribution in [0.4, 0.5) is 0 Å². The maximum Gasteiger partial charge on any atom is 0.220 e. The van der Waals surface area contributed by atoms with Gasteiger partial charge in [-0.1, -0.05) is 36.4 Å². The van der Waals surface area contributed by atoms with Gasteiger partial charge in [0.05, 0.1) is 12.1 Å². The molecular formula is C24H30N2O3. The number of nitrogens with zero attached hydrogens (tertiary/aromatic N) is 1. The zero-order chi connectivity index (χ0) is 20.2. The molecule has 0 radical (unpaired) electrons. The number of carbonyl (C=O) groups is 1. The van der Waals surface area contributed by atoms with E-state index in [1.165, 1.54) is 18.4 Å². The van der Waals surface area contributed by atoms with Crippen LogP contribution in [0.1, 0.15) is 48.4 Å². The number of carbonyl (C=O) groups excluding carboxylic acids is 1. The number of hydrogen-bond acceptors (Lipinski definition) is 4. The van der Waals surface area contributed by atoms with Crippen molar-refractivity contribution in [1.82, 2.24) is 10.2 Å². The average Bonchev–Trinajstić information content (AvgIpc) is 3.35. The Hall–Kier alpha value is -2.37.